The molecule has 1 aromatic carbocycles. The lowest BCUT2D eigenvalue weighted by Crippen LogP contribution is -2.43. The average molecular weight is 336 g/mol. The van der Waals surface area contributed by atoms with E-state index in [1.165, 1.54) is 0 Å². The molecule has 0 bridgehead atoms. The van der Waals surface area contributed by atoms with Crippen LogP contribution in [-0.4, -0.2) is 37.4 Å². The van der Waals surface area contributed by atoms with Gasteiger partial charge < -0.3 is 9.47 Å². The molecule has 0 N–H and O–H groups in total. The van der Waals surface area contributed by atoms with Crippen molar-refractivity contribution in [3.05, 3.63) is 48.7 Å². The average Bonchev–Trinajstić information content (AvgIpc) is 2.94. The maximum Gasteiger partial charge on any atom is 0.243 e. The molecule has 0 aliphatic heterocycles. The summed E-state index contributed by atoms with van der Waals surface area (Å²) < 4.78 is 1.97. The highest BCUT2D eigenvalue weighted by Crippen LogP contribution is 2.24. The van der Waals surface area contributed by atoms with Crippen LogP contribution in [0.15, 0.2) is 48.7 Å². The molecule has 0 unspecified atom stereocenters. The molecule has 0 aliphatic carbocycles. The molecule has 0 radical (unpaired) electrons. The summed E-state index contributed by atoms with van der Waals surface area (Å²) in [5, 5.41) is 0. The molecule has 0 atom stereocenters. The third-order valence-electron chi connectivity index (χ3n) is 4.24. The summed E-state index contributed by atoms with van der Waals surface area (Å²) in [6.07, 6.45) is 1.75. The number of hydrogen-bond donors (Lipinski definition) is 0. The van der Waals surface area contributed by atoms with Crippen molar-refractivity contribution in [3.8, 4) is 11.5 Å². The van der Waals surface area contributed by atoms with Crippen molar-refractivity contribution in [1.29, 1.82) is 0 Å². The number of aromatic nitrogens is 3. The van der Waals surface area contributed by atoms with E-state index < -0.39 is 0 Å². The van der Waals surface area contributed by atoms with Gasteiger partial charge in [0.05, 0.1) is 11.0 Å². The summed E-state index contributed by atoms with van der Waals surface area (Å²) in [7, 11) is 0. The highest BCUT2D eigenvalue weighted by molar-refractivity contribution is 5.84. The highest BCUT2D eigenvalue weighted by Gasteiger charge is 2.23. The van der Waals surface area contributed by atoms with Crippen molar-refractivity contribution < 1.29 is 4.79 Å². The zero-order valence-corrected chi connectivity index (χ0v) is 15.2. The number of carbonyl (C=O) groups excluding carboxylic acids is 1. The number of rotatable bonds is 5. The molecule has 0 fully saturated rings. The molecule has 0 aliphatic rings. The Labute approximate surface area is 148 Å². The molecule has 5 nitrogen and oxygen atoms in total. The maximum absolute atomic E-state index is 13.0. The topological polar surface area (TPSA) is 51.0 Å². The second-order valence-corrected chi connectivity index (χ2v) is 6.71. The van der Waals surface area contributed by atoms with E-state index in [0.717, 1.165) is 22.6 Å². The van der Waals surface area contributed by atoms with Crippen molar-refractivity contribution in [1.82, 2.24) is 19.4 Å². The number of carbonyl (C=O) groups is 1. The standard InChI is InChI=1S/C20H24N4O/c1-14(2)24(15(3)4)19(25)13-23-18-11-6-5-9-16(18)22-20(23)17-10-7-8-12-21-17/h5-12,14-15H,13H2,1-4H3. The van der Waals surface area contributed by atoms with Crippen LogP contribution in [0.25, 0.3) is 22.6 Å². The van der Waals surface area contributed by atoms with Gasteiger partial charge in [0, 0.05) is 18.3 Å². The van der Waals surface area contributed by atoms with E-state index in [1.807, 2.05) is 79.6 Å². The van der Waals surface area contributed by atoms with Gasteiger partial charge >= 0.3 is 0 Å². The van der Waals surface area contributed by atoms with Crippen LogP contribution >= 0.6 is 0 Å². The third kappa shape index (κ3) is 3.40. The van der Waals surface area contributed by atoms with Gasteiger partial charge in [-0.2, -0.15) is 0 Å². The predicted molar refractivity (Wildman–Crippen MR) is 100 cm³/mol. The third-order valence-corrected chi connectivity index (χ3v) is 4.24. The van der Waals surface area contributed by atoms with Crippen molar-refractivity contribution in [3.63, 3.8) is 0 Å². The molecule has 3 rings (SSSR count). The van der Waals surface area contributed by atoms with Gasteiger partial charge in [-0.15, -0.1) is 0 Å². The Balaban J connectivity index is 2.07. The minimum absolute atomic E-state index is 0.0883. The number of imidazole rings is 1. The smallest absolute Gasteiger partial charge is 0.243 e. The summed E-state index contributed by atoms with van der Waals surface area (Å²) in [5.74, 6) is 0.813. The second-order valence-electron chi connectivity index (χ2n) is 6.71. The Hall–Kier alpha value is -2.69. The molecule has 5 heteroatoms. The van der Waals surface area contributed by atoms with E-state index in [1.54, 1.807) is 6.20 Å². The van der Waals surface area contributed by atoms with Crippen molar-refractivity contribution >= 4 is 16.9 Å². The van der Waals surface area contributed by atoms with Gasteiger partial charge in [0.25, 0.3) is 0 Å². The van der Waals surface area contributed by atoms with E-state index in [-0.39, 0.29) is 24.5 Å². The lowest BCUT2D eigenvalue weighted by Gasteiger charge is -2.31. The van der Waals surface area contributed by atoms with Gasteiger partial charge in [0.2, 0.25) is 5.91 Å². The van der Waals surface area contributed by atoms with Crippen molar-refractivity contribution in [2.45, 2.75) is 46.3 Å². The molecule has 0 saturated heterocycles. The minimum atomic E-state index is 0.0883. The van der Waals surface area contributed by atoms with Gasteiger partial charge in [-0.05, 0) is 52.0 Å². The monoisotopic (exact) mass is 336 g/mol. The van der Waals surface area contributed by atoms with E-state index in [4.69, 9.17) is 4.98 Å². The first-order chi connectivity index (χ1) is 12.0. The zero-order chi connectivity index (χ0) is 18.0. The summed E-state index contributed by atoms with van der Waals surface area (Å²) in [5.41, 5.74) is 2.59. The van der Waals surface area contributed by atoms with Gasteiger partial charge in [-0.1, -0.05) is 18.2 Å². The largest absolute Gasteiger partial charge is 0.336 e. The molecule has 0 spiro atoms. The summed E-state index contributed by atoms with van der Waals surface area (Å²) in [6.45, 7) is 8.43. The predicted octanol–water partition coefficient (Wildman–Crippen LogP) is 3.74. The minimum Gasteiger partial charge on any atom is -0.336 e. The van der Waals surface area contributed by atoms with Crippen LogP contribution in [0.3, 0.4) is 0 Å². The van der Waals surface area contributed by atoms with Gasteiger partial charge in [-0.25, -0.2) is 4.98 Å². The van der Waals surface area contributed by atoms with E-state index in [9.17, 15) is 4.79 Å². The Bertz CT molecular complexity index is 860. The first-order valence-corrected chi connectivity index (χ1v) is 8.67. The van der Waals surface area contributed by atoms with Crippen molar-refractivity contribution in [2.24, 2.45) is 0 Å². The molecule has 130 valence electrons. The number of fused-ring (bicyclic) bond motifs is 1. The number of hydrogen-bond acceptors (Lipinski definition) is 3. The summed E-state index contributed by atoms with van der Waals surface area (Å²) >= 11 is 0. The first kappa shape index (κ1) is 17.1. The fourth-order valence-electron chi connectivity index (χ4n) is 3.32. The van der Waals surface area contributed by atoms with Crippen LogP contribution < -0.4 is 0 Å². The molecule has 2 aromatic heterocycles. The first-order valence-electron chi connectivity index (χ1n) is 8.67. The molecule has 3 aromatic rings. The summed E-state index contributed by atoms with van der Waals surface area (Å²) in [4.78, 5) is 24.0. The fourth-order valence-corrected chi connectivity index (χ4v) is 3.32. The zero-order valence-electron chi connectivity index (χ0n) is 15.2. The Morgan fingerprint density at radius 2 is 1.72 bits per heavy atom. The molecule has 1 amide bonds. The Morgan fingerprint density at radius 1 is 1.04 bits per heavy atom. The van der Waals surface area contributed by atoms with E-state index in [2.05, 4.69) is 4.98 Å². The molecule has 0 saturated carbocycles. The van der Waals surface area contributed by atoms with Gasteiger partial charge in [-0.3, -0.25) is 9.78 Å². The molecule has 2 heterocycles. The number of para-hydroxylation sites is 2. The Morgan fingerprint density at radius 3 is 2.36 bits per heavy atom. The second kappa shape index (κ2) is 7.05. The van der Waals surface area contributed by atoms with E-state index in [0.29, 0.717) is 0 Å². The van der Waals surface area contributed by atoms with Crippen LogP contribution in [0.4, 0.5) is 0 Å². The lowest BCUT2D eigenvalue weighted by molar-refractivity contribution is -0.135. The van der Waals surface area contributed by atoms with Crippen LogP contribution in [0.5, 0.6) is 0 Å². The Kier molecular flexibility index (Phi) is 4.83. The quantitative estimate of drug-likeness (QED) is 0.713. The molecular weight excluding hydrogens is 312 g/mol. The van der Waals surface area contributed by atoms with Crippen LogP contribution in [0.2, 0.25) is 0 Å². The number of amides is 1. The molecule has 25 heavy (non-hydrogen) atoms. The SMILES string of the molecule is CC(C)N(C(=O)Cn1c(-c2ccccn2)nc2ccccc21)C(C)C. The maximum atomic E-state index is 13.0. The van der Waals surface area contributed by atoms with E-state index >= 15 is 0 Å². The molecular formula is C20H24N4O. The van der Waals surface area contributed by atoms with Gasteiger partial charge in [0.1, 0.15) is 12.2 Å². The normalized spacial score (nSPS) is 11.4. The van der Waals surface area contributed by atoms with Crippen LogP contribution in [0, 0.1) is 0 Å². The van der Waals surface area contributed by atoms with Gasteiger partial charge in [0.15, 0.2) is 5.82 Å². The number of nitrogens with zero attached hydrogens (tertiary/aromatic N) is 4. The number of pyridine rings is 1. The van der Waals surface area contributed by atoms with Crippen LogP contribution in [-0.2, 0) is 11.3 Å². The lowest BCUT2D eigenvalue weighted by atomic mass is 10.2. The highest BCUT2D eigenvalue weighted by atomic mass is 16.2. The fraction of sp³-hybridized carbons (Fsp3) is 0.350. The van der Waals surface area contributed by atoms with Crippen molar-refractivity contribution in [2.75, 3.05) is 0 Å². The number of benzene rings is 1. The van der Waals surface area contributed by atoms with Crippen LogP contribution in [0.1, 0.15) is 27.7 Å². The summed E-state index contributed by atoms with van der Waals surface area (Å²) in [6, 6.07) is 13.9.